The van der Waals surface area contributed by atoms with Crippen molar-refractivity contribution in [1.29, 1.82) is 0 Å². The molecule has 3 N–H and O–H groups in total. The van der Waals surface area contributed by atoms with Gasteiger partial charge in [0.2, 0.25) is 15.9 Å². The summed E-state index contributed by atoms with van der Waals surface area (Å²) in [5, 5.41) is 11.5. The largest absolute Gasteiger partial charge is 0.416 e. The molecule has 0 aliphatic heterocycles. The van der Waals surface area contributed by atoms with Crippen LogP contribution in [0.2, 0.25) is 0 Å². The predicted molar refractivity (Wildman–Crippen MR) is 114 cm³/mol. The molecule has 0 fully saturated rings. The number of anilines is 1. The fourth-order valence-corrected chi connectivity index (χ4v) is 3.60. The third kappa shape index (κ3) is 5.94. The first-order valence-electron chi connectivity index (χ1n) is 9.55. The van der Waals surface area contributed by atoms with E-state index in [-0.39, 0.29) is 28.9 Å². The molecule has 13 heteroatoms. The van der Waals surface area contributed by atoms with Gasteiger partial charge in [-0.1, -0.05) is 12.1 Å². The maximum atomic E-state index is 13.2. The number of primary sulfonamides is 1. The summed E-state index contributed by atoms with van der Waals surface area (Å²) in [4.78, 5) is 18.1. The van der Waals surface area contributed by atoms with Gasteiger partial charge in [0.05, 0.1) is 28.4 Å². The molecular formula is C20H21F3N6O3S. The number of aromatic nitrogens is 3. The van der Waals surface area contributed by atoms with E-state index in [2.05, 4.69) is 15.4 Å². The molecule has 0 aliphatic carbocycles. The van der Waals surface area contributed by atoms with Crippen LogP contribution in [0.15, 0.2) is 60.0 Å². The predicted octanol–water partition coefficient (Wildman–Crippen LogP) is 2.57. The van der Waals surface area contributed by atoms with Crippen molar-refractivity contribution >= 4 is 21.6 Å². The monoisotopic (exact) mass is 482 g/mol. The van der Waals surface area contributed by atoms with Gasteiger partial charge in [0.15, 0.2) is 0 Å². The Morgan fingerprint density at radius 3 is 2.42 bits per heavy atom. The summed E-state index contributed by atoms with van der Waals surface area (Å²) in [7, 11) is -2.17. The molecule has 3 rings (SSSR count). The van der Waals surface area contributed by atoms with E-state index in [9.17, 15) is 26.4 Å². The number of alkyl halides is 3. The fraction of sp³-hybridized carbons (Fsp3) is 0.250. The zero-order valence-corrected chi connectivity index (χ0v) is 18.4. The molecule has 0 saturated heterocycles. The van der Waals surface area contributed by atoms with E-state index < -0.39 is 27.7 Å². The van der Waals surface area contributed by atoms with Crippen LogP contribution in [0.4, 0.5) is 18.9 Å². The second kappa shape index (κ2) is 9.29. The third-order valence-electron chi connectivity index (χ3n) is 5.01. The molecule has 1 amide bonds. The molecule has 2 aromatic carbocycles. The Morgan fingerprint density at radius 2 is 1.88 bits per heavy atom. The van der Waals surface area contributed by atoms with Crippen molar-refractivity contribution < 1.29 is 26.4 Å². The van der Waals surface area contributed by atoms with E-state index in [0.717, 1.165) is 17.7 Å². The number of amides is 1. The lowest BCUT2D eigenvalue weighted by atomic mass is 10.1. The molecule has 0 saturated carbocycles. The van der Waals surface area contributed by atoms with Gasteiger partial charge in [0, 0.05) is 6.04 Å². The Balaban J connectivity index is 1.77. The summed E-state index contributed by atoms with van der Waals surface area (Å²) >= 11 is 0. The summed E-state index contributed by atoms with van der Waals surface area (Å²) in [5.74, 6) is -0.550. The van der Waals surface area contributed by atoms with Crippen molar-refractivity contribution in [3.63, 3.8) is 0 Å². The highest BCUT2D eigenvalue weighted by Crippen LogP contribution is 2.33. The molecule has 1 atom stereocenters. The van der Waals surface area contributed by atoms with Crippen LogP contribution in [0.25, 0.3) is 5.69 Å². The van der Waals surface area contributed by atoms with E-state index in [0.29, 0.717) is 0 Å². The van der Waals surface area contributed by atoms with Crippen molar-refractivity contribution in [3.8, 4) is 5.69 Å². The number of nitrogens with zero attached hydrogens (tertiary/aromatic N) is 4. The molecular weight excluding hydrogens is 461 g/mol. The highest BCUT2D eigenvalue weighted by Gasteiger charge is 2.31. The Morgan fingerprint density at radius 1 is 1.21 bits per heavy atom. The van der Waals surface area contributed by atoms with Crippen molar-refractivity contribution in [2.75, 3.05) is 18.9 Å². The van der Waals surface area contributed by atoms with Gasteiger partial charge in [-0.15, -0.1) is 0 Å². The average molecular weight is 482 g/mol. The smallest absolute Gasteiger partial charge is 0.323 e. The number of hydrogen-bond donors (Lipinski definition) is 2. The second-order valence-electron chi connectivity index (χ2n) is 7.32. The van der Waals surface area contributed by atoms with Crippen molar-refractivity contribution in [2.24, 2.45) is 5.14 Å². The van der Waals surface area contributed by atoms with Gasteiger partial charge in [-0.2, -0.15) is 18.3 Å². The number of sulfonamides is 1. The number of carbonyl (C=O) groups is 1. The van der Waals surface area contributed by atoms with Gasteiger partial charge < -0.3 is 5.32 Å². The number of carbonyl (C=O) groups excluding carboxylic acids is 1. The standard InChI is InChI=1S/C20H21F3N6O3S/c1-13(14-3-6-16(7-4-14)33(24,31)32)28(2)10-19(30)27-17-9-15(20(21,22)23)5-8-18(17)29-12-25-11-26-29/h3-9,11-13H,10H2,1-2H3,(H,27,30)(H2,24,31,32). The van der Waals surface area contributed by atoms with Crippen molar-refractivity contribution in [2.45, 2.75) is 24.0 Å². The van der Waals surface area contributed by atoms with Gasteiger partial charge in [-0.25, -0.2) is 23.2 Å². The van der Waals surface area contributed by atoms with Crippen LogP contribution in [0.5, 0.6) is 0 Å². The molecule has 33 heavy (non-hydrogen) atoms. The molecule has 0 spiro atoms. The Bertz CT molecular complexity index is 1230. The van der Waals surface area contributed by atoms with E-state index in [4.69, 9.17) is 5.14 Å². The summed E-state index contributed by atoms with van der Waals surface area (Å²) in [6.07, 6.45) is -2.06. The highest BCUT2D eigenvalue weighted by molar-refractivity contribution is 7.89. The van der Waals surface area contributed by atoms with Gasteiger partial charge in [0.25, 0.3) is 0 Å². The lowest BCUT2D eigenvalue weighted by molar-refractivity contribution is -0.137. The first-order chi connectivity index (χ1) is 15.4. The fourth-order valence-electron chi connectivity index (χ4n) is 3.09. The van der Waals surface area contributed by atoms with Crippen LogP contribution in [-0.4, -0.2) is 47.6 Å². The second-order valence-corrected chi connectivity index (χ2v) is 8.88. The molecule has 3 aromatic rings. The van der Waals surface area contributed by atoms with Gasteiger partial charge >= 0.3 is 6.18 Å². The maximum absolute atomic E-state index is 13.2. The van der Waals surface area contributed by atoms with Crippen LogP contribution in [-0.2, 0) is 21.0 Å². The van der Waals surface area contributed by atoms with Crippen LogP contribution >= 0.6 is 0 Å². The van der Waals surface area contributed by atoms with E-state index in [1.54, 1.807) is 31.0 Å². The SMILES string of the molecule is CC(c1ccc(S(N)(=O)=O)cc1)N(C)CC(=O)Nc1cc(C(F)(F)F)ccc1-n1cncn1. The normalized spacial score (nSPS) is 13.2. The molecule has 1 unspecified atom stereocenters. The zero-order valence-electron chi connectivity index (χ0n) is 17.6. The van der Waals surface area contributed by atoms with Gasteiger partial charge in [-0.3, -0.25) is 9.69 Å². The maximum Gasteiger partial charge on any atom is 0.416 e. The number of likely N-dealkylation sites (N-methyl/N-ethyl adjacent to an activating group) is 1. The number of nitrogens with one attached hydrogen (secondary N) is 1. The number of rotatable bonds is 7. The number of halogens is 3. The molecule has 1 aromatic heterocycles. The topological polar surface area (TPSA) is 123 Å². The average Bonchev–Trinajstić information content (AvgIpc) is 3.26. The van der Waals surface area contributed by atoms with Gasteiger partial charge in [-0.05, 0) is 49.9 Å². The molecule has 0 aliphatic rings. The van der Waals surface area contributed by atoms with Crippen LogP contribution < -0.4 is 10.5 Å². The number of benzene rings is 2. The molecule has 0 bridgehead atoms. The summed E-state index contributed by atoms with van der Waals surface area (Å²) in [6, 6.07) is 8.51. The minimum atomic E-state index is -4.59. The zero-order chi connectivity index (χ0) is 24.4. The Hall–Kier alpha value is -3.29. The van der Waals surface area contributed by atoms with Crippen LogP contribution in [0.3, 0.4) is 0 Å². The molecule has 9 nitrogen and oxygen atoms in total. The van der Waals surface area contributed by atoms with Crippen LogP contribution in [0, 0.1) is 0 Å². The molecule has 0 radical (unpaired) electrons. The first-order valence-corrected chi connectivity index (χ1v) is 11.1. The van der Waals surface area contributed by atoms with Crippen molar-refractivity contribution in [1.82, 2.24) is 19.7 Å². The molecule has 1 heterocycles. The van der Waals surface area contributed by atoms with E-state index >= 15 is 0 Å². The summed E-state index contributed by atoms with van der Waals surface area (Å²) in [6.45, 7) is 1.65. The van der Waals surface area contributed by atoms with Crippen LogP contribution in [0.1, 0.15) is 24.1 Å². The van der Waals surface area contributed by atoms with Crippen molar-refractivity contribution in [3.05, 3.63) is 66.2 Å². The van der Waals surface area contributed by atoms with Gasteiger partial charge in [0.1, 0.15) is 12.7 Å². The molecule has 176 valence electrons. The lowest BCUT2D eigenvalue weighted by Gasteiger charge is -2.25. The summed E-state index contributed by atoms with van der Waals surface area (Å²) < 4.78 is 63.6. The number of hydrogen-bond acceptors (Lipinski definition) is 6. The summed E-state index contributed by atoms with van der Waals surface area (Å²) in [5.41, 5.74) is -0.0413. The third-order valence-corrected chi connectivity index (χ3v) is 5.94. The lowest BCUT2D eigenvalue weighted by Crippen LogP contribution is -2.32. The Kier molecular flexibility index (Phi) is 6.86. The minimum Gasteiger partial charge on any atom is -0.323 e. The number of nitrogens with two attached hydrogens (primary N) is 1. The Labute approximate surface area is 188 Å². The minimum absolute atomic E-state index is 0.0379. The van der Waals surface area contributed by atoms with E-state index in [1.165, 1.54) is 35.5 Å². The highest BCUT2D eigenvalue weighted by atomic mass is 32.2. The first kappa shape index (κ1) is 24.4. The van der Waals surface area contributed by atoms with E-state index in [1.807, 2.05) is 0 Å². The quantitative estimate of drug-likeness (QED) is 0.534.